The summed E-state index contributed by atoms with van der Waals surface area (Å²) in [5.74, 6) is -0.516. The van der Waals surface area contributed by atoms with E-state index in [4.69, 9.17) is 10.5 Å². The molecular weight excluding hydrogens is 368 g/mol. The van der Waals surface area contributed by atoms with Crippen molar-refractivity contribution in [2.75, 3.05) is 0 Å². The molecule has 0 bridgehead atoms. The van der Waals surface area contributed by atoms with Crippen molar-refractivity contribution < 1.29 is 19.1 Å². The minimum atomic E-state index is -0.962. The number of benzene rings is 2. The predicted molar refractivity (Wildman–Crippen MR) is 111 cm³/mol. The van der Waals surface area contributed by atoms with Crippen LogP contribution < -0.4 is 5.73 Å². The first-order valence-corrected chi connectivity index (χ1v) is 9.71. The molecule has 0 aliphatic rings. The third-order valence-electron chi connectivity index (χ3n) is 4.46. The van der Waals surface area contributed by atoms with Crippen LogP contribution in [0.2, 0.25) is 0 Å². The van der Waals surface area contributed by atoms with E-state index in [9.17, 15) is 14.4 Å². The Morgan fingerprint density at radius 1 is 1.00 bits per heavy atom. The van der Waals surface area contributed by atoms with Gasteiger partial charge < -0.3 is 15.3 Å². The van der Waals surface area contributed by atoms with Gasteiger partial charge in [0.05, 0.1) is 12.1 Å². The minimum Gasteiger partial charge on any atom is -0.444 e. The number of nitrogens with two attached hydrogens (primary N) is 1. The molecule has 6 nitrogen and oxygen atoms in total. The lowest BCUT2D eigenvalue weighted by Crippen LogP contribution is -2.53. The first kappa shape index (κ1) is 22.3. The SMILES string of the molecule is CC(C)C[C@@H](C=O)N(C(=O)OCc1ccccc1)C(=O)[C@@H](N)Cc1ccccc1. The van der Waals surface area contributed by atoms with Gasteiger partial charge in [-0.3, -0.25) is 4.79 Å². The van der Waals surface area contributed by atoms with E-state index in [-0.39, 0.29) is 18.9 Å². The average Bonchev–Trinajstić information content (AvgIpc) is 2.72. The van der Waals surface area contributed by atoms with Gasteiger partial charge in [-0.05, 0) is 29.9 Å². The van der Waals surface area contributed by atoms with E-state index in [2.05, 4.69) is 0 Å². The molecule has 2 N–H and O–H groups in total. The van der Waals surface area contributed by atoms with Crippen LogP contribution >= 0.6 is 0 Å². The predicted octanol–water partition coefficient (Wildman–Crippen LogP) is 3.34. The monoisotopic (exact) mass is 396 g/mol. The molecule has 29 heavy (non-hydrogen) atoms. The zero-order valence-electron chi connectivity index (χ0n) is 16.9. The Bertz CT molecular complexity index is 793. The molecule has 2 rings (SSSR count). The summed E-state index contributed by atoms with van der Waals surface area (Å²) in [5.41, 5.74) is 7.76. The summed E-state index contributed by atoms with van der Waals surface area (Å²) in [7, 11) is 0. The van der Waals surface area contributed by atoms with Crippen molar-refractivity contribution in [2.24, 2.45) is 11.7 Å². The van der Waals surface area contributed by atoms with E-state index in [1.54, 1.807) is 0 Å². The molecule has 154 valence electrons. The highest BCUT2D eigenvalue weighted by atomic mass is 16.6. The van der Waals surface area contributed by atoms with E-state index < -0.39 is 24.1 Å². The molecule has 2 atom stereocenters. The number of hydrogen-bond donors (Lipinski definition) is 1. The Balaban J connectivity index is 2.17. The fourth-order valence-electron chi connectivity index (χ4n) is 3.02. The lowest BCUT2D eigenvalue weighted by Gasteiger charge is -2.29. The third-order valence-corrected chi connectivity index (χ3v) is 4.46. The molecule has 0 spiro atoms. The van der Waals surface area contributed by atoms with Crippen molar-refractivity contribution >= 4 is 18.3 Å². The van der Waals surface area contributed by atoms with Crippen LogP contribution in [0.25, 0.3) is 0 Å². The summed E-state index contributed by atoms with van der Waals surface area (Å²) in [4.78, 5) is 38.4. The lowest BCUT2D eigenvalue weighted by atomic mass is 10.0. The Morgan fingerprint density at radius 2 is 1.55 bits per heavy atom. The fourth-order valence-corrected chi connectivity index (χ4v) is 3.02. The molecule has 0 unspecified atom stereocenters. The van der Waals surface area contributed by atoms with Crippen LogP contribution in [0.1, 0.15) is 31.4 Å². The second kappa shape index (κ2) is 11.1. The summed E-state index contributed by atoms with van der Waals surface area (Å²) in [6, 6.07) is 16.5. The van der Waals surface area contributed by atoms with Gasteiger partial charge in [0.25, 0.3) is 0 Å². The van der Waals surface area contributed by atoms with Crippen molar-refractivity contribution in [1.82, 2.24) is 4.90 Å². The maximum absolute atomic E-state index is 13.0. The maximum atomic E-state index is 13.0. The van der Waals surface area contributed by atoms with Crippen LogP contribution in [-0.2, 0) is 27.4 Å². The molecule has 0 fully saturated rings. The summed E-state index contributed by atoms with van der Waals surface area (Å²) in [6.07, 6.45) is 0.347. The Kier molecular flexibility index (Phi) is 8.55. The molecule has 0 saturated heterocycles. The largest absolute Gasteiger partial charge is 0.444 e. The van der Waals surface area contributed by atoms with Crippen molar-refractivity contribution in [3.8, 4) is 0 Å². The normalized spacial score (nSPS) is 12.8. The number of aldehydes is 1. The van der Waals surface area contributed by atoms with E-state index in [0.29, 0.717) is 12.7 Å². The number of nitrogens with zero attached hydrogens (tertiary/aromatic N) is 1. The second-order valence-corrected chi connectivity index (χ2v) is 7.38. The van der Waals surface area contributed by atoms with Gasteiger partial charge in [0, 0.05) is 0 Å². The highest BCUT2D eigenvalue weighted by Gasteiger charge is 2.34. The van der Waals surface area contributed by atoms with Crippen molar-refractivity contribution in [2.45, 2.75) is 45.4 Å². The number of carbonyl (C=O) groups is 3. The summed E-state index contributed by atoms with van der Waals surface area (Å²) in [5, 5.41) is 0. The quantitative estimate of drug-likeness (QED) is 0.657. The van der Waals surface area contributed by atoms with Gasteiger partial charge >= 0.3 is 6.09 Å². The van der Waals surface area contributed by atoms with Gasteiger partial charge in [-0.2, -0.15) is 0 Å². The summed E-state index contributed by atoms with van der Waals surface area (Å²) >= 11 is 0. The standard InChI is InChI=1S/C23H28N2O4/c1-17(2)13-20(15-26)25(23(28)29-16-19-11-7-4-8-12-19)22(27)21(24)14-18-9-5-3-6-10-18/h3-12,15,17,20-21H,13-14,16,24H2,1-2H3/t20-,21-/m0/s1. The molecule has 0 radical (unpaired) electrons. The van der Waals surface area contributed by atoms with Gasteiger partial charge in [0.1, 0.15) is 12.9 Å². The van der Waals surface area contributed by atoms with E-state index in [1.807, 2.05) is 74.5 Å². The molecule has 2 aromatic carbocycles. The molecule has 0 aromatic heterocycles. The van der Waals surface area contributed by atoms with Gasteiger partial charge in [-0.25, -0.2) is 9.69 Å². The minimum absolute atomic E-state index is 0.00460. The van der Waals surface area contributed by atoms with Crippen LogP contribution in [-0.4, -0.2) is 35.3 Å². The van der Waals surface area contributed by atoms with Crippen LogP contribution in [0, 0.1) is 5.92 Å². The van der Waals surface area contributed by atoms with Crippen LogP contribution in [0.3, 0.4) is 0 Å². The van der Waals surface area contributed by atoms with E-state index in [1.165, 1.54) is 0 Å². The lowest BCUT2D eigenvalue weighted by molar-refractivity contribution is -0.136. The second-order valence-electron chi connectivity index (χ2n) is 7.38. The maximum Gasteiger partial charge on any atom is 0.417 e. The Labute approximate surface area is 171 Å². The molecule has 0 aliphatic heterocycles. The Hall–Kier alpha value is -2.99. The molecular formula is C23H28N2O4. The van der Waals surface area contributed by atoms with E-state index in [0.717, 1.165) is 16.0 Å². The van der Waals surface area contributed by atoms with Gasteiger partial charge in [0.15, 0.2) is 0 Å². The van der Waals surface area contributed by atoms with Gasteiger partial charge in [-0.15, -0.1) is 0 Å². The number of ether oxygens (including phenoxy) is 1. The zero-order valence-corrected chi connectivity index (χ0v) is 16.9. The molecule has 0 aliphatic carbocycles. The summed E-state index contributed by atoms with van der Waals surface area (Å²) in [6.45, 7) is 3.83. The first-order valence-electron chi connectivity index (χ1n) is 9.71. The molecule has 2 aromatic rings. The number of rotatable bonds is 9. The summed E-state index contributed by atoms with van der Waals surface area (Å²) < 4.78 is 5.33. The van der Waals surface area contributed by atoms with Crippen LogP contribution in [0.5, 0.6) is 0 Å². The van der Waals surface area contributed by atoms with Gasteiger partial charge in [0.2, 0.25) is 5.91 Å². The van der Waals surface area contributed by atoms with Crippen LogP contribution in [0.4, 0.5) is 4.79 Å². The number of hydrogen-bond acceptors (Lipinski definition) is 5. The first-order chi connectivity index (χ1) is 13.9. The van der Waals surface area contributed by atoms with E-state index >= 15 is 0 Å². The third kappa shape index (κ3) is 6.84. The number of imide groups is 1. The number of carbonyl (C=O) groups excluding carboxylic acids is 3. The highest BCUT2D eigenvalue weighted by Crippen LogP contribution is 2.15. The van der Waals surface area contributed by atoms with Gasteiger partial charge in [-0.1, -0.05) is 74.5 Å². The topological polar surface area (TPSA) is 89.7 Å². The Morgan fingerprint density at radius 3 is 2.07 bits per heavy atom. The highest BCUT2D eigenvalue weighted by molar-refractivity contribution is 5.97. The van der Waals surface area contributed by atoms with Crippen molar-refractivity contribution in [3.05, 3.63) is 71.8 Å². The average molecular weight is 396 g/mol. The molecule has 2 amide bonds. The van der Waals surface area contributed by atoms with Crippen molar-refractivity contribution in [1.29, 1.82) is 0 Å². The fraction of sp³-hybridized carbons (Fsp3) is 0.348. The van der Waals surface area contributed by atoms with Crippen LogP contribution in [0.15, 0.2) is 60.7 Å². The smallest absolute Gasteiger partial charge is 0.417 e. The molecule has 0 saturated carbocycles. The van der Waals surface area contributed by atoms with Crippen molar-refractivity contribution in [3.63, 3.8) is 0 Å². The molecule has 0 heterocycles. The zero-order chi connectivity index (χ0) is 21.2. The molecule has 6 heteroatoms. The number of amides is 2.